The maximum atomic E-state index is 14.0. The van der Waals surface area contributed by atoms with Gasteiger partial charge in [-0.05, 0) is 30.7 Å². The number of phenols is 2. The van der Waals surface area contributed by atoms with Crippen LogP contribution in [0.5, 0.6) is 23.0 Å². The van der Waals surface area contributed by atoms with Gasteiger partial charge in [0, 0.05) is 48.5 Å². The van der Waals surface area contributed by atoms with Crippen LogP contribution in [0, 0.1) is 0 Å². The van der Waals surface area contributed by atoms with Crippen LogP contribution in [0.4, 0.5) is 0 Å². The van der Waals surface area contributed by atoms with E-state index in [1.165, 1.54) is 25.3 Å². The first kappa shape index (κ1) is 41.6. The maximum absolute atomic E-state index is 14.0. The predicted octanol–water partition coefficient (Wildman–Crippen LogP) is -0.989. The van der Waals surface area contributed by atoms with Crippen LogP contribution in [0.3, 0.4) is 0 Å². The van der Waals surface area contributed by atoms with Crippen LogP contribution in [0.25, 0.3) is 0 Å². The van der Waals surface area contributed by atoms with Crippen molar-refractivity contribution < 1.29 is 84.0 Å². The number of benzene rings is 3. The van der Waals surface area contributed by atoms with Crippen molar-refractivity contribution in [2.24, 2.45) is 0 Å². The van der Waals surface area contributed by atoms with E-state index in [4.69, 9.17) is 23.7 Å². The van der Waals surface area contributed by atoms with Gasteiger partial charge in [0.25, 0.3) is 0 Å². The van der Waals surface area contributed by atoms with Gasteiger partial charge in [0.15, 0.2) is 17.9 Å². The molecule has 2 saturated heterocycles. The lowest BCUT2D eigenvalue weighted by molar-refractivity contribution is -0.277. The molecule has 10 N–H and O–H groups in total. The van der Waals surface area contributed by atoms with Crippen LogP contribution in [-0.2, 0) is 32.0 Å². The van der Waals surface area contributed by atoms with Crippen LogP contribution < -0.4 is 14.8 Å². The van der Waals surface area contributed by atoms with Gasteiger partial charge in [-0.15, -0.1) is 0 Å². The number of fused-ring (bicyclic) bond motifs is 3. The first-order valence-corrected chi connectivity index (χ1v) is 18.6. The summed E-state index contributed by atoms with van der Waals surface area (Å²) in [6.45, 7) is 0.118. The Morgan fingerprint density at radius 3 is 2.28 bits per heavy atom. The second-order valence-electron chi connectivity index (χ2n) is 14.9. The molecule has 0 unspecified atom stereocenters. The van der Waals surface area contributed by atoms with Gasteiger partial charge in [-0.1, -0.05) is 24.3 Å². The second kappa shape index (κ2) is 16.2. The van der Waals surface area contributed by atoms with Gasteiger partial charge in [0.05, 0.1) is 48.7 Å². The van der Waals surface area contributed by atoms with Crippen LogP contribution in [0.2, 0.25) is 0 Å². The lowest BCUT2D eigenvalue weighted by atomic mass is 9.72. The Kier molecular flexibility index (Phi) is 11.6. The summed E-state index contributed by atoms with van der Waals surface area (Å²) in [4.78, 5) is 40.7. The number of aliphatic hydroxyl groups excluding tert-OH is 6. The highest BCUT2D eigenvalue weighted by Gasteiger charge is 2.50. The van der Waals surface area contributed by atoms with Crippen LogP contribution >= 0.6 is 0 Å². The van der Waals surface area contributed by atoms with Crippen molar-refractivity contribution in [1.29, 1.82) is 0 Å². The standard InChI is InChI=1S/C40H45NO17/c1-16-31(45)21(41-13-17-6-8-18(9-7-17)56-39-38(52)37(51)34(48)24(14-42)58-39)10-26(55-16)57-23-12-40(53,25(44)15-43)11-20-28(23)36(50)30-29(33(20)47)32(46)19-4-3-5-22(54-2)27(19)35(30)49/h3-9,16,21,23-24,26,31,34,37-39,41-43,45,47-48,50-53H,10-15H2,1-2H3/t16-,21-,23-,24+,26-,31+,34-,37-,38+,39+,40-/m0/s1. The number of ketones is 3. The van der Waals surface area contributed by atoms with E-state index < -0.39 is 133 Å². The lowest BCUT2D eigenvalue weighted by Crippen LogP contribution is -2.60. The van der Waals surface area contributed by atoms with E-state index in [-0.39, 0.29) is 46.7 Å². The highest BCUT2D eigenvalue weighted by molar-refractivity contribution is 6.31. The Balaban J connectivity index is 1.11. The smallest absolute Gasteiger partial charge is 0.229 e. The zero-order valence-electron chi connectivity index (χ0n) is 31.3. The largest absolute Gasteiger partial charge is 0.507 e. The fourth-order valence-corrected chi connectivity index (χ4v) is 8.15. The monoisotopic (exact) mass is 811 g/mol. The molecule has 58 heavy (non-hydrogen) atoms. The zero-order chi connectivity index (χ0) is 41.8. The van der Waals surface area contributed by atoms with Gasteiger partial charge in [-0.25, -0.2) is 0 Å². The average molecular weight is 812 g/mol. The number of Topliss-reactive ketones (excluding diaryl/α,β-unsaturated/α-hetero) is 1. The third kappa shape index (κ3) is 7.24. The summed E-state index contributed by atoms with van der Waals surface area (Å²) in [6.07, 6.45) is -12.9. The Hall–Kier alpha value is -4.57. The lowest BCUT2D eigenvalue weighted by Gasteiger charge is -2.43. The number of ether oxygens (including phenoxy) is 5. The molecule has 0 radical (unpaired) electrons. The van der Waals surface area contributed by atoms with Gasteiger partial charge in [0.2, 0.25) is 12.1 Å². The highest BCUT2D eigenvalue weighted by Crippen LogP contribution is 2.52. The van der Waals surface area contributed by atoms with Crippen molar-refractivity contribution in [3.8, 4) is 23.0 Å². The second-order valence-corrected chi connectivity index (χ2v) is 14.9. The molecule has 4 aliphatic rings. The molecule has 2 aliphatic heterocycles. The topological polar surface area (TPSA) is 291 Å². The van der Waals surface area contributed by atoms with E-state index in [2.05, 4.69) is 5.32 Å². The van der Waals surface area contributed by atoms with Crippen LogP contribution in [0.1, 0.15) is 74.4 Å². The van der Waals surface area contributed by atoms with Gasteiger partial charge in [0.1, 0.15) is 59.6 Å². The Bertz CT molecular complexity index is 2070. The molecule has 0 bridgehead atoms. The van der Waals surface area contributed by atoms with Crippen molar-refractivity contribution in [1.82, 2.24) is 5.32 Å². The fraction of sp³-hybridized carbons (Fsp3) is 0.475. The molecule has 2 fully saturated rings. The number of phenolic OH excluding ortho intramolecular Hbond substituents is 2. The van der Waals surface area contributed by atoms with Crippen molar-refractivity contribution in [2.45, 2.75) is 99.7 Å². The number of aromatic hydroxyl groups is 2. The number of hydrogen-bond donors (Lipinski definition) is 10. The number of aliphatic hydroxyl groups is 7. The van der Waals surface area contributed by atoms with Crippen molar-refractivity contribution in [2.75, 3.05) is 20.3 Å². The number of carbonyl (C=O) groups is 3. The molecule has 3 aromatic rings. The molecule has 312 valence electrons. The Labute approximate surface area is 330 Å². The highest BCUT2D eigenvalue weighted by atomic mass is 16.7. The molecule has 2 heterocycles. The third-order valence-electron chi connectivity index (χ3n) is 11.4. The molecule has 18 nitrogen and oxygen atoms in total. The van der Waals surface area contributed by atoms with Gasteiger partial charge >= 0.3 is 0 Å². The van der Waals surface area contributed by atoms with E-state index in [0.717, 1.165) is 5.56 Å². The van der Waals surface area contributed by atoms with Crippen molar-refractivity contribution in [3.63, 3.8) is 0 Å². The summed E-state index contributed by atoms with van der Waals surface area (Å²) >= 11 is 0. The van der Waals surface area contributed by atoms with E-state index in [9.17, 15) is 60.3 Å². The number of methoxy groups -OCH3 is 1. The summed E-state index contributed by atoms with van der Waals surface area (Å²) in [7, 11) is 1.31. The van der Waals surface area contributed by atoms with Crippen molar-refractivity contribution in [3.05, 3.63) is 81.4 Å². The maximum Gasteiger partial charge on any atom is 0.229 e. The minimum Gasteiger partial charge on any atom is -0.507 e. The zero-order valence-corrected chi connectivity index (χ0v) is 31.3. The SMILES string of the molecule is COc1cccc2c1C(=O)c1c(O)c3c(c(O)c1C2=O)C[C@@](O)(C(=O)CO)C[C@@H]3O[C@H]1C[C@H](NCc2ccc(O[C@@H]3O[C@H](CO)[C@H](O)[C@H](O)[C@H]3O)cc2)[C@H](O)[C@H](C)O1. The number of rotatable bonds is 11. The molecule has 3 aromatic carbocycles. The molecular formula is C40H45NO17. The normalized spacial score (nSPS) is 31.9. The average Bonchev–Trinajstić information content (AvgIpc) is 3.21. The van der Waals surface area contributed by atoms with Gasteiger partial charge < -0.3 is 75.0 Å². The number of hydrogen-bond acceptors (Lipinski definition) is 18. The molecule has 2 aliphatic carbocycles. The molecule has 0 amide bonds. The minimum atomic E-state index is -2.33. The quantitative estimate of drug-likeness (QED) is 0.0814. The number of carbonyl (C=O) groups excluding carboxylic acids is 3. The molecule has 0 aromatic heterocycles. The van der Waals surface area contributed by atoms with Gasteiger partial charge in [-0.3, -0.25) is 14.4 Å². The Morgan fingerprint density at radius 1 is 0.897 bits per heavy atom. The van der Waals surface area contributed by atoms with Crippen molar-refractivity contribution >= 4 is 17.3 Å². The Morgan fingerprint density at radius 2 is 1.60 bits per heavy atom. The molecule has 11 atom stereocenters. The summed E-state index contributed by atoms with van der Waals surface area (Å²) < 4.78 is 28.7. The summed E-state index contributed by atoms with van der Waals surface area (Å²) in [5, 5.41) is 98.9. The molecule has 7 rings (SSSR count). The first-order valence-electron chi connectivity index (χ1n) is 18.6. The van der Waals surface area contributed by atoms with E-state index in [1.807, 2.05) is 0 Å². The summed E-state index contributed by atoms with van der Waals surface area (Å²) in [5.41, 5.74) is -3.25. The summed E-state index contributed by atoms with van der Waals surface area (Å²) in [5.74, 6) is -3.78. The first-order chi connectivity index (χ1) is 27.6. The molecule has 18 heteroatoms. The number of nitrogens with one attached hydrogen (secondary N) is 1. The van der Waals surface area contributed by atoms with E-state index in [0.29, 0.717) is 0 Å². The summed E-state index contributed by atoms with van der Waals surface area (Å²) in [6, 6.07) is 10.1. The van der Waals surface area contributed by atoms with Gasteiger partial charge in [-0.2, -0.15) is 0 Å². The third-order valence-corrected chi connectivity index (χ3v) is 11.4. The van der Waals surface area contributed by atoms with E-state index >= 15 is 0 Å². The van der Waals surface area contributed by atoms with Crippen LogP contribution in [0.15, 0.2) is 42.5 Å². The molecule has 0 saturated carbocycles. The van der Waals surface area contributed by atoms with E-state index in [1.54, 1.807) is 31.2 Å². The molecular weight excluding hydrogens is 766 g/mol. The minimum absolute atomic E-state index is 0.0122. The molecule has 0 spiro atoms. The fourth-order valence-electron chi connectivity index (χ4n) is 8.15. The van der Waals surface area contributed by atoms with Crippen LogP contribution in [-0.4, -0.2) is 144 Å². The predicted molar refractivity (Wildman–Crippen MR) is 195 cm³/mol.